The smallest absolute Gasteiger partial charge is 0.0693 e. The predicted molar refractivity (Wildman–Crippen MR) is 46.5 cm³/mol. The molecule has 0 aliphatic heterocycles. The van der Waals surface area contributed by atoms with Crippen molar-refractivity contribution in [3.05, 3.63) is 12.2 Å². The van der Waals surface area contributed by atoms with Crippen LogP contribution in [-0.2, 0) is 0 Å². The molecule has 0 aromatic heterocycles. The summed E-state index contributed by atoms with van der Waals surface area (Å²) in [6, 6.07) is 0.312. The molecule has 1 saturated carbocycles. The summed E-state index contributed by atoms with van der Waals surface area (Å²) in [5.41, 5.74) is 1.13. The minimum Gasteiger partial charge on any atom is -0.392 e. The number of aliphatic hydroxyl groups excluding tert-OH is 1. The first-order valence-corrected chi connectivity index (χ1v) is 4.26. The first kappa shape index (κ1) is 8.75. The monoisotopic (exact) mass is 155 g/mol. The van der Waals surface area contributed by atoms with Crippen LogP contribution in [0, 0.1) is 0 Å². The van der Waals surface area contributed by atoms with Crippen LogP contribution in [-0.4, -0.2) is 23.8 Å². The molecular formula is C9H17NO. The molecule has 0 heterocycles. The molecule has 0 radical (unpaired) electrons. The van der Waals surface area contributed by atoms with E-state index in [0.29, 0.717) is 6.04 Å². The van der Waals surface area contributed by atoms with Gasteiger partial charge in [-0.2, -0.15) is 0 Å². The summed E-state index contributed by atoms with van der Waals surface area (Å²) in [5.74, 6) is 0. The van der Waals surface area contributed by atoms with E-state index >= 15 is 0 Å². The highest BCUT2D eigenvalue weighted by Crippen LogP contribution is 2.18. The van der Waals surface area contributed by atoms with Gasteiger partial charge in [-0.25, -0.2) is 0 Å². The standard InChI is InChI=1S/C9H17NO/c1-7(2)6-10-8-4-3-5-9(8)11/h8-11H,1,3-6H2,2H3/t8-,9-/m1/s1. The molecule has 64 valence electrons. The van der Waals surface area contributed by atoms with E-state index in [-0.39, 0.29) is 6.10 Å². The summed E-state index contributed by atoms with van der Waals surface area (Å²) in [4.78, 5) is 0. The SMILES string of the molecule is C=C(C)CN[C@@H]1CCC[C@H]1O. The van der Waals surface area contributed by atoms with Gasteiger partial charge < -0.3 is 10.4 Å². The summed E-state index contributed by atoms with van der Waals surface area (Å²) in [5, 5.41) is 12.7. The van der Waals surface area contributed by atoms with Crippen LogP contribution in [0.2, 0.25) is 0 Å². The van der Waals surface area contributed by atoms with Gasteiger partial charge in [0.25, 0.3) is 0 Å². The summed E-state index contributed by atoms with van der Waals surface area (Å²) in [7, 11) is 0. The Morgan fingerprint density at radius 2 is 2.36 bits per heavy atom. The second-order valence-corrected chi connectivity index (χ2v) is 3.44. The Labute approximate surface area is 68.3 Å². The van der Waals surface area contributed by atoms with Gasteiger partial charge in [0.05, 0.1) is 6.10 Å². The van der Waals surface area contributed by atoms with Crippen LogP contribution in [0.1, 0.15) is 26.2 Å². The van der Waals surface area contributed by atoms with Crippen molar-refractivity contribution in [3.63, 3.8) is 0 Å². The van der Waals surface area contributed by atoms with Crippen molar-refractivity contribution < 1.29 is 5.11 Å². The Morgan fingerprint density at radius 1 is 1.64 bits per heavy atom. The second-order valence-electron chi connectivity index (χ2n) is 3.44. The van der Waals surface area contributed by atoms with Gasteiger partial charge in [-0.3, -0.25) is 0 Å². The molecule has 1 aliphatic rings. The molecule has 2 atom stereocenters. The molecule has 0 bridgehead atoms. The number of hydrogen-bond acceptors (Lipinski definition) is 2. The Bertz CT molecular complexity index is 144. The zero-order chi connectivity index (χ0) is 8.27. The largest absolute Gasteiger partial charge is 0.392 e. The van der Waals surface area contributed by atoms with Crippen molar-refractivity contribution in [2.24, 2.45) is 0 Å². The molecule has 0 saturated heterocycles. The zero-order valence-corrected chi connectivity index (χ0v) is 7.14. The van der Waals surface area contributed by atoms with E-state index in [1.54, 1.807) is 0 Å². The number of rotatable bonds is 3. The van der Waals surface area contributed by atoms with E-state index < -0.39 is 0 Å². The first-order chi connectivity index (χ1) is 5.20. The molecule has 2 nitrogen and oxygen atoms in total. The molecule has 11 heavy (non-hydrogen) atoms. The second kappa shape index (κ2) is 3.88. The third-order valence-electron chi connectivity index (χ3n) is 2.15. The average molecular weight is 155 g/mol. The maximum atomic E-state index is 9.41. The highest BCUT2D eigenvalue weighted by molar-refractivity contribution is 4.94. The van der Waals surface area contributed by atoms with Crippen LogP contribution in [0.4, 0.5) is 0 Å². The van der Waals surface area contributed by atoms with Crippen LogP contribution in [0.3, 0.4) is 0 Å². The van der Waals surface area contributed by atoms with Crippen LogP contribution >= 0.6 is 0 Å². The molecule has 0 amide bonds. The zero-order valence-electron chi connectivity index (χ0n) is 7.14. The number of hydrogen-bond donors (Lipinski definition) is 2. The van der Waals surface area contributed by atoms with Crippen LogP contribution in [0.5, 0.6) is 0 Å². The Balaban J connectivity index is 2.20. The Morgan fingerprint density at radius 3 is 2.82 bits per heavy atom. The molecule has 1 fully saturated rings. The lowest BCUT2D eigenvalue weighted by Crippen LogP contribution is -2.36. The van der Waals surface area contributed by atoms with Crippen molar-refractivity contribution in [2.75, 3.05) is 6.54 Å². The van der Waals surface area contributed by atoms with Gasteiger partial charge in [0.15, 0.2) is 0 Å². The van der Waals surface area contributed by atoms with Gasteiger partial charge in [0, 0.05) is 12.6 Å². The fourth-order valence-electron chi connectivity index (χ4n) is 1.48. The highest BCUT2D eigenvalue weighted by Gasteiger charge is 2.23. The van der Waals surface area contributed by atoms with Crippen molar-refractivity contribution in [1.82, 2.24) is 5.32 Å². The Kier molecular flexibility index (Phi) is 3.09. The topological polar surface area (TPSA) is 32.3 Å². The number of nitrogens with one attached hydrogen (secondary N) is 1. The van der Waals surface area contributed by atoms with Gasteiger partial charge in [0.2, 0.25) is 0 Å². The molecule has 0 spiro atoms. The molecule has 2 N–H and O–H groups in total. The van der Waals surface area contributed by atoms with Crippen molar-refractivity contribution in [2.45, 2.75) is 38.3 Å². The van der Waals surface area contributed by atoms with Gasteiger partial charge in [0.1, 0.15) is 0 Å². The molecule has 0 aromatic carbocycles. The normalized spacial score (nSPS) is 30.7. The number of aliphatic hydroxyl groups is 1. The quantitative estimate of drug-likeness (QED) is 0.597. The summed E-state index contributed by atoms with van der Waals surface area (Å²) < 4.78 is 0. The van der Waals surface area contributed by atoms with E-state index in [9.17, 15) is 5.11 Å². The lowest BCUT2D eigenvalue weighted by molar-refractivity contribution is 0.151. The van der Waals surface area contributed by atoms with Gasteiger partial charge in [-0.1, -0.05) is 12.2 Å². The molecule has 2 heteroatoms. The van der Waals surface area contributed by atoms with E-state index in [4.69, 9.17) is 0 Å². The first-order valence-electron chi connectivity index (χ1n) is 4.26. The Hall–Kier alpha value is -0.340. The average Bonchev–Trinajstić information content (AvgIpc) is 2.31. The van der Waals surface area contributed by atoms with Gasteiger partial charge in [-0.05, 0) is 26.2 Å². The fraction of sp³-hybridized carbons (Fsp3) is 0.778. The molecule has 0 unspecified atom stereocenters. The molecule has 1 rings (SSSR count). The maximum Gasteiger partial charge on any atom is 0.0693 e. The summed E-state index contributed by atoms with van der Waals surface area (Å²) in [6.07, 6.45) is 3.08. The maximum absolute atomic E-state index is 9.41. The van der Waals surface area contributed by atoms with Gasteiger partial charge in [-0.15, -0.1) is 0 Å². The molecular weight excluding hydrogens is 138 g/mol. The van der Waals surface area contributed by atoms with Crippen LogP contribution < -0.4 is 5.32 Å². The fourth-order valence-corrected chi connectivity index (χ4v) is 1.48. The van der Waals surface area contributed by atoms with E-state index in [0.717, 1.165) is 31.4 Å². The van der Waals surface area contributed by atoms with Crippen molar-refractivity contribution >= 4 is 0 Å². The third kappa shape index (κ3) is 2.64. The highest BCUT2D eigenvalue weighted by atomic mass is 16.3. The lowest BCUT2D eigenvalue weighted by Gasteiger charge is -2.15. The van der Waals surface area contributed by atoms with Crippen molar-refractivity contribution in [1.29, 1.82) is 0 Å². The van der Waals surface area contributed by atoms with Crippen LogP contribution in [0.15, 0.2) is 12.2 Å². The third-order valence-corrected chi connectivity index (χ3v) is 2.15. The molecule has 1 aliphatic carbocycles. The van der Waals surface area contributed by atoms with E-state index in [2.05, 4.69) is 11.9 Å². The predicted octanol–water partition coefficient (Wildman–Crippen LogP) is 1.07. The molecule has 0 aromatic rings. The lowest BCUT2D eigenvalue weighted by atomic mass is 10.2. The van der Waals surface area contributed by atoms with Crippen LogP contribution in [0.25, 0.3) is 0 Å². The van der Waals surface area contributed by atoms with E-state index in [1.807, 2.05) is 6.92 Å². The minimum absolute atomic E-state index is 0.130. The summed E-state index contributed by atoms with van der Waals surface area (Å²) in [6.45, 7) is 6.63. The minimum atomic E-state index is -0.130. The van der Waals surface area contributed by atoms with Gasteiger partial charge >= 0.3 is 0 Å². The summed E-state index contributed by atoms with van der Waals surface area (Å²) >= 11 is 0. The van der Waals surface area contributed by atoms with E-state index in [1.165, 1.54) is 0 Å². The van der Waals surface area contributed by atoms with Crippen molar-refractivity contribution in [3.8, 4) is 0 Å².